The van der Waals surface area contributed by atoms with Crippen LogP contribution < -0.4 is 5.32 Å². The van der Waals surface area contributed by atoms with Crippen LogP contribution in [0, 0.1) is 0 Å². The molecule has 2 aliphatic heterocycles. The van der Waals surface area contributed by atoms with Crippen LogP contribution in [0.25, 0.3) is 0 Å². The minimum Gasteiger partial charge on any atom is -0.375 e. The molecule has 7 heteroatoms. The highest BCUT2D eigenvalue weighted by molar-refractivity contribution is 5.76. The zero-order chi connectivity index (χ0) is 17.8. The summed E-state index contributed by atoms with van der Waals surface area (Å²) in [7, 11) is 0. The number of hydrogen-bond acceptors (Lipinski definition) is 5. The van der Waals surface area contributed by atoms with Gasteiger partial charge in [0.2, 0.25) is 5.91 Å². The molecule has 1 fully saturated rings. The number of morpholine rings is 1. The summed E-state index contributed by atoms with van der Waals surface area (Å²) in [6.07, 6.45) is 2.41. The molecule has 26 heavy (non-hydrogen) atoms. The maximum absolute atomic E-state index is 12.3. The van der Waals surface area contributed by atoms with Crippen molar-refractivity contribution in [2.24, 2.45) is 0 Å². The van der Waals surface area contributed by atoms with E-state index in [2.05, 4.69) is 49.2 Å². The molecule has 0 aliphatic carbocycles. The van der Waals surface area contributed by atoms with Crippen molar-refractivity contribution in [2.75, 3.05) is 19.7 Å². The van der Waals surface area contributed by atoms with Gasteiger partial charge in [0.05, 0.1) is 25.7 Å². The van der Waals surface area contributed by atoms with Gasteiger partial charge < -0.3 is 14.6 Å². The van der Waals surface area contributed by atoms with Crippen molar-refractivity contribution in [3.63, 3.8) is 0 Å². The first-order chi connectivity index (χ1) is 12.8. The third-order valence-corrected chi connectivity index (χ3v) is 5.01. The lowest BCUT2D eigenvalue weighted by molar-refractivity contribution is -0.126. The van der Waals surface area contributed by atoms with Crippen LogP contribution in [0.15, 0.2) is 30.3 Å². The molecule has 1 saturated heterocycles. The summed E-state index contributed by atoms with van der Waals surface area (Å²) >= 11 is 0. The number of carbonyl (C=O) groups excluding carboxylic acids is 1. The Morgan fingerprint density at radius 1 is 1.23 bits per heavy atom. The maximum Gasteiger partial charge on any atom is 0.223 e. The van der Waals surface area contributed by atoms with Gasteiger partial charge in [-0.2, -0.15) is 0 Å². The lowest BCUT2D eigenvalue weighted by Crippen LogP contribution is -2.44. The molecule has 2 aromatic rings. The number of fused-ring (bicyclic) bond motifs is 1. The van der Waals surface area contributed by atoms with Crippen LogP contribution >= 0.6 is 0 Å². The molecular weight excluding hydrogens is 330 g/mol. The number of benzene rings is 1. The molecule has 1 atom stereocenters. The molecule has 0 saturated carbocycles. The van der Waals surface area contributed by atoms with E-state index < -0.39 is 0 Å². The summed E-state index contributed by atoms with van der Waals surface area (Å²) in [4.78, 5) is 14.7. The van der Waals surface area contributed by atoms with Crippen LogP contribution in [0.4, 0.5) is 0 Å². The average molecular weight is 355 g/mol. The fourth-order valence-electron chi connectivity index (χ4n) is 3.69. The first kappa shape index (κ1) is 17.2. The molecule has 1 N–H and O–H groups in total. The van der Waals surface area contributed by atoms with E-state index >= 15 is 0 Å². The third kappa shape index (κ3) is 4.11. The smallest absolute Gasteiger partial charge is 0.223 e. The summed E-state index contributed by atoms with van der Waals surface area (Å²) in [5.41, 5.74) is 1.29. The van der Waals surface area contributed by atoms with Crippen molar-refractivity contribution in [3.8, 4) is 0 Å². The summed E-state index contributed by atoms with van der Waals surface area (Å²) in [6.45, 7) is 4.64. The quantitative estimate of drug-likeness (QED) is 0.841. The Morgan fingerprint density at radius 2 is 2.12 bits per heavy atom. The summed E-state index contributed by atoms with van der Waals surface area (Å²) in [5, 5.41) is 11.3. The standard InChI is InChI=1S/C19H25N5O2/c25-19(20-12-18-22-21-17-7-4-8-24(17)18)11-16-14-23(9-10-26-16)13-15-5-2-1-3-6-15/h1-3,5-6,16H,4,7-14H2,(H,20,25)/t16-/m0/s1. The Balaban J connectivity index is 1.24. The van der Waals surface area contributed by atoms with Crippen LogP contribution in [-0.4, -0.2) is 51.4 Å². The fourth-order valence-corrected chi connectivity index (χ4v) is 3.69. The highest BCUT2D eigenvalue weighted by Gasteiger charge is 2.23. The van der Waals surface area contributed by atoms with Crippen molar-refractivity contribution in [1.29, 1.82) is 0 Å². The molecule has 0 spiro atoms. The molecule has 3 heterocycles. The van der Waals surface area contributed by atoms with Gasteiger partial charge in [-0.15, -0.1) is 10.2 Å². The average Bonchev–Trinajstić information content (AvgIpc) is 3.25. The Bertz CT molecular complexity index is 746. The molecule has 138 valence electrons. The van der Waals surface area contributed by atoms with Gasteiger partial charge >= 0.3 is 0 Å². The SMILES string of the molecule is O=C(C[C@H]1CN(Cc2ccccc2)CCO1)NCc1nnc2n1CCC2. The molecule has 0 radical (unpaired) electrons. The second kappa shape index (κ2) is 7.97. The highest BCUT2D eigenvalue weighted by Crippen LogP contribution is 2.15. The largest absolute Gasteiger partial charge is 0.375 e. The van der Waals surface area contributed by atoms with Gasteiger partial charge in [-0.05, 0) is 12.0 Å². The van der Waals surface area contributed by atoms with E-state index in [9.17, 15) is 4.79 Å². The number of rotatable bonds is 6. The number of amides is 1. The van der Waals surface area contributed by atoms with Crippen molar-refractivity contribution >= 4 is 5.91 Å². The summed E-state index contributed by atoms with van der Waals surface area (Å²) < 4.78 is 7.90. The van der Waals surface area contributed by atoms with Gasteiger partial charge in [-0.3, -0.25) is 9.69 Å². The second-order valence-corrected chi connectivity index (χ2v) is 6.98. The monoisotopic (exact) mass is 355 g/mol. The van der Waals surface area contributed by atoms with Crippen molar-refractivity contribution in [1.82, 2.24) is 25.0 Å². The molecule has 1 amide bonds. The first-order valence-corrected chi connectivity index (χ1v) is 9.33. The van der Waals surface area contributed by atoms with E-state index in [1.54, 1.807) is 0 Å². The number of ether oxygens (including phenoxy) is 1. The Kier molecular flexibility index (Phi) is 5.26. The minimum absolute atomic E-state index is 0.00640. The second-order valence-electron chi connectivity index (χ2n) is 6.98. The number of nitrogens with one attached hydrogen (secondary N) is 1. The zero-order valence-electron chi connectivity index (χ0n) is 14.9. The van der Waals surface area contributed by atoms with E-state index in [1.807, 2.05) is 6.07 Å². The van der Waals surface area contributed by atoms with Gasteiger partial charge in [-0.25, -0.2) is 0 Å². The van der Waals surface area contributed by atoms with Gasteiger partial charge in [0.25, 0.3) is 0 Å². The predicted molar refractivity (Wildman–Crippen MR) is 96.3 cm³/mol. The highest BCUT2D eigenvalue weighted by atomic mass is 16.5. The molecular formula is C19H25N5O2. The number of aryl methyl sites for hydroxylation is 1. The summed E-state index contributed by atoms with van der Waals surface area (Å²) in [5.74, 6) is 1.88. The maximum atomic E-state index is 12.3. The summed E-state index contributed by atoms with van der Waals surface area (Å²) in [6, 6.07) is 10.4. The predicted octanol–water partition coefficient (Wildman–Crippen LogP) is 1.13. The van der Waals surface area contributed by atoms with Gasteiger partial charge in [0.15, 0.2) is 5.82 Å². The van der Waals surface area contributed by atoms with Crippen LogP contribution in [0.2, 0.25) is 0 Å². The Hall–Kier alpha value is -2.25. The minimum atomic E-state index is -0.0587. The van der Waals surface area contributed by atoms with E-state index in [-0.39, 0.29) is 12.0 Å². The van der Waals surface area contributed by atoms with E-state index in [1.165, 1.54) is 5.56 Å². The third-order valence-electron chi connectivity index (χ3n) is 5.01. The Labute approximate surface area is 153 Å². The molecule has 1 aromatic heterocycles. The van der Waals surface area contributed by atoms with E-state index in [4.69, 9.17) is 4.74 Å². The molecule has 7 nitrogen and oxygen atoms in total. The molecule has 0 unspecified atom stereocenters. The lowest BCUT2D eigenvalue weighted by atomic mass is 10.1. The van der Waals surface area contributed by atoms with Gasteiger partial charge in [0.1, 0.15) is 5.82 Å². The lowest BCUT2D eigenvalue weighted by Gasteiger charge is -2.32. The van der Waals surface area contributed by atoms with Gasteiger partial charge in [-0.1, -0.05) is 30.3 Å². The Morgan fingerprint density at radius 3 is 3.00 bits per heavy atom. The van der Waals surface area contributed by atoms with Crippen molar-refractivity contribution in [2.45, 2.75) is 45.0 Å². The van der Waals surface area contributed by atoms with Crippen molar-refractivity contribution in [3.05, 3.63) is 47.5 Å². The van der Waals surface area contributed by atoms with Crippen molar-refractivity contribution < 1.29 is 9.53 Å². The molecule has 4 rings (SSSR count). The normalized spacial score (nSPS) is 20.1. The van der Waals surface area contributed by atoms with Crippen LogP contribution in [-0.2, 0) is 35.6 Å². The molecule has 1 aromatic carbocycles. The van der Waals surface area contributed by atoms with Crippen LogP contribution in [0.1, 0.15) is 30.1 Å². The van der Waals surface area contributed by atoms with E-state index in [0.717, 1.165) is 50.7 Å². The van der Waals surface area contributed by atoms with E-state index in [0.29, 0.717) is 19.6 Å². The van der Waals surface area contributed by atoms with Crippen LogP contribution in [0.5, 0.6) is 0 Å². The first-order valence-electron chi connectivity index (χ1n) is 9.33. The van der Waals surface area contributed by atoms with Crippen LogP contribution in [0.3, 0.4) is 0 Å². The molecule has 0 bridgehead atoms. The fraction of sp³-hybridized carbons (Fsp3) is 0.526. The number of hydrogen-bond donors (Lipinski definition) is 1. The zero-order valence-corrected chi connectivity index (χ0v) is 14.9. The topological polar surface area (TPSA) is 72.3 Å². The number of aromatic nitrogens is 3. The number of carbonyl (C=O) groups is 1. The van der Waals surface area contributed by atoms with Gasteiger partial charge in [0, 0.05) is 32.6 Å². The molecule has 2 aliphatic rings. The number of nitrogens with zero attached hydrogens (tertiary/aromatic N) is 4.